The number of likely N-dealkylation sites (N-methyl/N-ethyl adjacent to an activating group) is 2. The van der Waals surface area contributed by atoms with Gasteiger partial charge in [-0.15, -0.1) is 0 Å². The second kappa shape index (κ2) is 7.61. The lowest BCUT2D eigenvalue weighted by molar-refractivity contribution is 0.248. The molecule has 1 unspecified atom stereocenters. The molecule has 0 aliphatic carbocycles. The third kappa shape index (κ3) is 4.70. The van der Waals surface area contributed by atoms with Crippen LogP contribution in [0, 0.1) is 0 Å². The molecule has 0 bridgehead atoms. The van der Waals surface area contributed by atoms with E-state index in [0.717, 1.165) is 17.6 Å². The fourth-order valence-electron chi connectivity index (χ4n) is 2.98. The van der Waals surface area contributed by atoms with Crippen molar-refractivity contribution in [3.8, 4) is 0 Å². The maximum absolute atomic E-state index is 3.62. The van der Waals surface area contributed by atoms with E-state index in [2.05, 4.69) is 77.2 Å². The van der Waals surface area contributed by atoms with Crippen LogP contribution in [0.15, 0.2) is 22.7 Å². The van der Waals surface area contributed by atoms with Crippen LogP contribution in [-0.4, -0.2) is 44.2 Å². The van der Waals surface area contributed by atoms with E-state index in [-0.39, 0.29) is 0 Å². The summed E-state index contributed by atoms with van der Waals surface area (Å²) >= 11 is 3.62. The molecule has 1 fully saturated rings. The molecule has 1 aliphatic rings. The van der Waals surface area contributed by atoms with Crippen LogP contribution in [0.3, 0.4) is 0 Å². The van der Waals surface area contributed by atoms with E-state index in [1.54, 1.807) is 0 Å². The Balaban J connectivity index is 2.17. The number of halogens is 1. The Morgan fingerprint density at radius 3 is 2.86 bits per heavy atom. The van der Waals surface area contributed by atoms with Gasteiger partial charge in [-0.25, -0.2) is 0 Å². The fraction of sp³-hybridized carbons (Fsp3) is 0.647. The molecule has 1 heterocycles. The number of anilines is 1. The van der Waals surface area contributed by atoms with Crippen molar-refractivity contribution in [2.24, 2.45) is 0 Å². The van der Waals surface area contributed by atoms with Crippen LogP contribution >= 0.6 is 15.9 Å². The van der Waals surface area contributed by atoms with E-state index in [0.29, 0.717) is 12.1 Å². The summed E-state index contributed by atoms with van der Waals surface area (Å²) < 4.78 is 1.15. The molecule has 3 nitrogen and oxygen atoms in total. The predicted octanol–water partition coefficient (Wildman–Crippen LogP) is 3.48. The Hall–Kier alpha value is -0.580. The van der Waals surface area contributed by atoms with E-state index in [4.69, 9.17) is 0 Å². The molecule has 1 atom stereocenters. The SMILES string of the molecule is CC(C)NCc1ccc(Br)cc1N(C)C1CCCN(C)C1. The average Bonchev–Trinajstić information content (AvgIpc) is 2.45. The summed E-state index contributed by atoms with van der Waals surface area (Å²) in [4.78, 5) is 4.91. The molecule has 0 aromatic heterocycles. The fourth-order valence-corrected chi connectivity index (χ4v) is 3.33. The zero-order chi connectivity index (χ0) is 15.4. The molecule has 0 spiro atoms. The number of likely N-dealkylation sites (tertiary alicyclic amines) is 1. The number of nitrogens with zero attached hydrogens (tertiary/aromatic N) is 2. The highest BCUT2D eigenvalue weighted by Gasteiger charge is 2.22. The molecule has 1 N–H and O–H groups in total. The molecule has 21 heavy (non-hydrogen) atoms. The van der Waals surface area contributed by atoms with Gasteiger partial charge in [0.1, 0.15) is 0 Å². The molecule has 0 amide bonds. The summed E-state index contributed by atoms with van der Waals surface area (Å²) in [7, 11) is 4.46. The van der Waals surface area contributed by atoms with Crippen molar-refractivity contribution >= 4 is 21.6 Å². The van der Waals surface area contributed by atoms with Crippen molar-refractivity contribution in [1.29, 1.82) is 0 Å². The van der Waals surface area contributed by atoms with Gasteiger partial charge in [-0.3, -0.25) is 0 Å². The van der Waals surface area contributed by atoms with Gasteiger partial charge >= 0.3 is 0 Å². The minimum absolute atomic E-state index is 0.507. The smallest absolute Gasteiger partial charge is 0.0423 e. The predicted molar refractivity (Wildman–Crippen MR) is 95.0 cm³/mol. The van der Waals surface area contributed by atoms with Crippen LogP contribution < -0.4 is 10.2 Å². The zero-order valence-corrected chi connectivity index (χ0v) is 15.3. The van der Waals surface area contributed by atoms with Gasteiger partial charge in [0.25, 0.3) is 0 Å². The van der Waals surface area contributed by atoms with Crippen molar-refractivity contribution in [1.82, 2.24) is 10.2 Å². The third-order valence-electron chi connectivity index (χ3n) is 4.28. The van der Waals surface area contributed by atoms with Crippen molar-refractivity contribution < 1.29 is 0 Å². The highest BCUT2D eigenvalue weighted by molar-refractivity contribution is 9.10. The minimum Gasteiger partial charge on any atom is -0.370 e. The van der Waals surface area contributed by atoms with Crippen LogP contribution in [0.2, 0.25) is 0 Å². The van der Waals surface area contributed by atoms with Gasteiger partial charge in [-0.2, -0.15) is 0 Å². The van der Waals surface area contributed by atoms with E-state index in [1.807, 2.05) is 0 Å². The monoisotopic (exact) mass is 353 g/mol. The Bertz CT molecular complexity index is 461. The van der Waals surface area contributed by atoms with Crippen molar-refractivity contribution in [2.75, 3.05) is 32.1 Å². The first-order chi connectivity index (χ1) is 9.97. The van der Waals surface area contributed by atoms with E-state index in [9.17, 15) is 0 Å². The lowest BCUT2D eigenvalue weighted by Gasteiger charge is -2.38. The molecule has 4 heteroatoms. The third-order valence-corrected chi connectivity index (χ3v) is 4.77. The molecule has 1 aromatic rings. The number of nitrogens with one attached hydrogen (secondary N) is 1. The van der Waals surface area contributed by atoms with Gasteiger partial charge in [-0.1, -0.05) is 35.8 Å². The first-order valence-electron chi connectivity index (χ1n) is 7.90. The van der Waals surface area contributed by atoms with Gasteiger partial charge in [0.05, 0.1) is 0 Å². The Morgan fingerprint density at radius 1 is 1.43 bits per heavy atom. The number of hydrogen-bond donors (Lipinski definition) is 1. The lowest BCUT2D eigenvalue weighted by Crippen LogP contribution is -2.45. The Labute approximate surface area is 137 Å². The molecule has 118 valence electrons. The maximum Gasteiger partial charge on any atom is 0.0423 e. The maximum atomic E-state index is 3.62. The normalized spacial score (nSPS) is 20.0. The molecule has 2 rings (SSSR count). The van der Waals surface area contributed by atoms with Gasteiger partial charge in [-0.05, 0) is 44.1 Å². The molecule has 0 saturated carbocycles. The number of hydrogen-bond acceptors (Lipinski definition) is 3. The molecular formula is C17H28BrN3. The Morgan fingerprint density at radius 2 is 2.19 bits per heavy atom. The highest BCUT2D eigenvalue weighted by atomic mass is 79.9. The number of rotatable bonds is 5. The van der Waals surface area contributed by atoms with E-state index >= 15 is 0 Å². The summed E-state index contributed by atoms with van der Waals surface area (Å²) in [6.45, 7) is 7.69. The second-order valence-electron chi connectivity index (χ2n) is 6.48. The largest absolute Gasteiger partial charge is 0.370 e. The van der Waals surface area contributed by atoms with Crippen LogP contribution in [0.1, 0.15) is 32.3 Å². The van der Waals surface area contributed by atoms with Gasteiger partial charge < -0.3 is 15.1 Å². The lowest BCUT2D eigenvalue weighted by atomic mass is 10.0. The summed E-state index contributed by atoms with van der Waals surface area (Å²) in [5.41, 5.74) is 2.72. The first-order valence-corrected chi connectivity index (χ1v) is 8.70. The summed E-state index contributed by atoms with van der Waals surface area (Å²) in [6.07, 6.45) is 2.57. The minimum atomic E-state index is 0.507. The van der Waals surface area contributed by atoms with Gasteiger partial charge in [0, 0.05) is 42.4 Å². The summed E-state index contributed by atoms with van der Waals surface area (Å²) in [5.74, 6) is 0. The van der Waals surface area contributed by atoms with Crippen molar-refractivity contribution in [2.45, 2.75) is 45.3 Å². The standard InChI is InChI=1S/C17H28BrN3/c1-13(2)19-11-14-7-8-15(18)10-17(14)21(4)16-6-5-9-20(3)12-16/h7-8,10,13,16,19H,5-6,9,11-12H2,1-4H3. The van der Waals surface area contributed by atoms with Crippen molar-refractivity contribution in [3.05, 3.63) is 28.2 Å². The molecular weight excluding hydrogens is 326 g/mol. The van der Waals surface area contributed by atoms with Gasteiger partial charge in [0.2, 0.25) is 0 Å². The Kier molecular flexibility index (Phi) is 6.08. The highest BCUT2D eigenvalue weighted by Crippen LogP contribution is 2.28. The van der Waals surface area contributed by atoms with Crippen LogP contribution in [0.4, 0.5) is 5.69 Å². The number of piperidine rings is 1. The number of benzene rings is 1. The quantitative estimate of drug-likeness (QED) is 0.874. The van der Waals surface area contributed by atoms with Crippen LogP contribution in [-0.2, 0) is 6.54 Å². The summed E-state index contributed by atoms with van der Waals surface area (Å²) in [6, 6.07) is 7.74. The molecule has 1 saturated heterocycles. The molecule has 0 radical (unpaired) electrons. The van der Waals surface area contributed by atoms with Crippen LogP contribution in [0.5, 0.6) is 0 Å². The van der Waals surface area contributed by atoms with Gasteiger partial charge in [0.15, 0.2) is 0 Å². The zero-order valence-electron chi connectivity index (χ0n) is 13.7. The summed E-state index contributed by atoms with van der Waals surface area (Å²) in [5, 5.41) is 3.54. The van der Waals surface area contributed by atoms with Crippen molar-refractivity contribution in [3.63, 3.8) is 0 Å². The molecule has 1 aromatic carbocycles. The second-order valence-corrected chi connectivity index (χ2v) is 7.39. The topological polar surface area (TPSA) is 18.5 Å². The van der Waals surface area contributed by atoms with Crippen LogP contribution in [0.25, 0.3) is 0 Å². The average molecular weight is 354 g/mol. The van der Waals surface area contributed by atoms with E-state index in [1.165, 1.54) is 30.6 Å². The molecule has 1 aliphatic heterocycles. The van der Waals surface area contributed by atoms with E-state index < -0.39 is 0 Å². The first kappa shape index (κ1) is 16.8.